The SMILES string of the molecule is C=CCOc1cccc(C(=O)NCCCC(CCCNC(=O)c2cccc(OCC=C)c2OCC=C)(CCCNC(=O)c2cccc(OCC=C)c2OCC=C)C(=O)NCCCNC(=O)c2cc(OCCOCCOCCOCCOC(C)(C)C)c(OCCOCCO)c(OCCOCCOCCOCCOC(C)(C)C)c2)c1OCC=C. The van der Waals surface area contributed by atoms with E-state index < -0.39 is 29.0 Å². The zero-order chi connectivity index (χ0) is 85.0. The lowest BCUT2D eigenvalue weighted by Gasteiger charge is -2.33. The minimum absolute atomic E-state index is 0.0253. The second kappa shape index (κ2) is 60.0. The molecule has 0 radical (unpaired) electrons. The van der Waals surface area contributed by atoms with Gasteiger partial charge < -0.3 is 117 Å². The van der Waals surface area contributed by atoms with E-state index in [-0.39, 0.29) is 257 Å². The number of para-hydroxylation sites is 3. The predicted molar refractivity (Wildman–Crippen MR) is 448 cm³/mol. The lowest BCUT2D eigenvalue weighted by molar-refractivity contribution is -0.132. The number of aliphatic hydroxyl groups is 1. The van der Waals surface area contributed by atoms with Crippen LogP contribution in [-0.4, -0.2) is 250 Å². The molecule has 0 saturated heterocycles. The Morgan fingerprint density at radius 3 is 0.949 bits per heavy atom. The van der Waals surface area contributed by atoms with Crippen molar-refractivity contribution in [2.45, 2.75) is 97.7 Å². The van der Waals surface area contributed by atoms with Gasteiger partial charge >= 0.3 is 0 Å². The van der Waals surface area contributed by atoms with E-state index in [0.717, 1.165) is 0 Å². The molecule has 4 aromatic rings. The Labute approximate surface area is 691 Å². The van der Waals surface area contributed by atoms with E-state index in [1.54, 1.807) is 91.1 Å². The molecule has 0 heterocycles. The summed E-state index contributed by atoms with van der Waals surface area (Å²) in [6.45, 7) is 40.5. The zero-order valence-electron chi connectivity index (χ0n) is 69.8. The van der Waals surface area contributed by atoms with Gasteiger partial charge in [0.2, 0.25) is 11.7 Å². The molecular formula is C88H129N5O24. The largest absolute Gasteiger partial charge is 0.487 e. The molecule has 4 rings (SSSR count). The number of carbonyl (C=O) groups excluding carboxylic acids is 5. The zero-order valence-corrected chi connectivity index (χ0v) is 69.8. The molecule has 29 heteroatoms. The number of nitrogens with one attached hydrogen (secondary N) is 5. The van der Waals surface area contributed by atoms with E-state index in [9.17, 15) is 24.3 Å². The van der Waals surface area contributed by atoms with E-state index in [1.165, 1.54) is 12.1 Å². The first-order valence-corrected chi connectivity index (χ1v) is 39.9. The van der Waals surface area contributed by atoms with Gasteiger partial charge in [0.05, 0.1) is 140 Å². The van der Waals surface area contributed by atoms with Gasteiger partial charge in [-0.05, 0) is 135 Å². The summed E-state index contributed by atoms with van der Waals surface area (Å²) in [6.07, 6.45) is 11.1. The number of hydrogen-bond donors (Lipinski definition) is 6. The van der Waals surface area contributed by atoms with Crippen molar-refractivity contribution in [3.63, 3.8) is 0 Å². The van der Waals surface area contributed by atoms with Crippen molar-refractivity contribution in [2.24, 2.45) is 5.41 Å². The van der Waals surface area contributed by atoms with Gasteiger partial charge in [-0.1, -0.05) is 94.1 Å². The highest BCUT2D eigenvalue weighted by Gasteiger charge is 2.37. The monoisotopic (exact) mass is 1640 g/mol. The molecule has 117 heavy (non-hydrogen) atoms. The summed E-state index contributed by atoms with van der Waals surface area (Å²) in [5, 5.41) is 24.6. The maximum Gasteiger partial charge on any atom is 0.255 e. The Kier molecular flexibility index (Phi) is 51.2. The van der Waals surface area contributed by atoms with Gasteiger partial charge in [0.15, 0.2) is 46.0 Å². The van der Waals surface area contributed by atoms with Crippen molar-refractivity contribution in [3.05, 3.63) is 165 Å². The van der Waals surface area contributed by atoms with Crippen LogP contribution < -0.4 is 69.2 Å². The second-order valence-corrected chi connectivity index (χ2v) is 28.0. The van der Waals surface area contributed by atoms with Crippen molar-refractivity contribution in [1.29, 1.82) is 0 Å². The number of hydrogen-bond acceptors (Lipinski definition) is 24. The molecule has 0 saturated carbocycles. The molecule has 4 aromatic carbocycles. The topological polar surface area (TPSA) is 332 Å². The molecular weight excluding hydrogens is 1510 g/mol. The Bertz CT molecular complexity index is 3300. The Morgan fingerprint density at radius 2 is 0.615 bits per heavy atom. The highest BCUT2D eigenvalue weighted by Crippen LogP contribution is 2.41. The number of aliphatic hydroxyl groups excluding tert-OH is 1. The van der Waals surface area contributed by atoms with E-state index in [2.05, 4.69) is 66.1 Å². The van der Waals surface area contributed by atoms with Crippen LogP contribution in [0, 0.1) is 5.41 Å². The summed E-state index contributed by atoms with van der Waals surface area (Å²) in [6, 6.07) is 18.0. The standard InChI is InChI=1S/C88H129N5O24/c1-13-41-107-72-29-19-26-69(77(72)112-44-16-4)82(96)90-35-22-32-88(33-23-36-91-83(97)70-27-20-30-73(108-42-14-2)78(70)113-45-17-5,34-24-37-92-84(98)71-28-21-31-74(109-43-15-3)79(71)114-46-18-6)85(99)93-39-25-38-89-81(95)68-66-75(110-61-56-103-52-48-101-50-54-105-59-64-116-86(7,8)9)80(115-63-58-100-47-40-94)76(67-68)111-62-57-104-53-49-102-51-55-106-60-65-117-87(10,11)12/h13-21,26-31,66-67,94H,1-6,22-25,32-65H2,7-12H3,(H,89,95)(H,90,96)(H,91,97)(H,92,98)(H,93,99). The molecule has 0 aliphatic rings. The summed E-state index contributed by atoms with van der Waals surface area (Å²) in [5.41, 5.74) is -0.928. The Hall–Kier alpha value is -9.53. The smallest absolute Gasteiger partial charge is 0.255 e. The Balaban J connectivity index is 1.65. The van der Waals surface area contributed by atoms with Crippen molar-refractivity contribution < 1.29 is 114 Å². The minimum Gasteiger partial charge on any atom is -0.487 e. The third-order valence-electron chi connectivity index (χ3n) is 16.5. The number of benzene rings is 4. The molecule has 0 aromatic heterocycles. The van der Waals surface area contributed by atoms with Crippen LogP contribution in [0.2, 0.25) is 0 Å². The summed E-state index contributed by atoms with van der Waals surface area (Å²) in [5.74, 6) is -0.0668. The highest BCUT2D eigenvalue weighted by atomic mass is 16.6. The molecule has 5 amide bonds. The molecule has 0 fully saturated rings. The van der Waals surface area contributed by atoms with Crippen LogP contribution >= 0.6 is 0 Å². The molecule has 0 atom stereocenters. The van der Waals surface area contributed by atoms with Crippen LogP contribution in [0.4, 0.5) is 0 Å². The van der Waals surface area contributed by atoms with E-state index in [4.69, 9.17) is 85.3 Å². The van der Waals surface area contributed by atoms with Crippen molar-refractivity contribution >= 4 is 29.5 Å². The third-order valence-corrected chi connectivity index (χ3v) is 16.5. The first-order chi connectivity index (χ1) is 56.7. The van der Waals surface area contributed by atoms with Crippen LogP contribution in [0.15, 0.2) is 143 Å². The number of ether oxygens (including phenoxy) is 18. The van der Waals surface area contributed by atoms with Gasteiger partial charge in [-0.25, -0.2) is 0 Å². The lowest BCUT2D eigenvalue weighted by atomic mass is 9.74. The average molecular weight is 1640 g/mol. The van der Waals surface area contributed by atoms with E-state index in [1.807, 2.05) is 41.5 Å². The fraction of sp³-hybridized carbons (Fsp3) is 0.534. The molecule has 6 N–H and O–H groups in total. The van der Waals surface area contributed by atoms with Gasteiger partial charge in [-0.15, -0.1) is 0 Å². The number of carbonyl (C=O) groups is 5. The molecule has 0 unspecified atom stereocenters. The van der Waals surface area contributed by atoms with E-state index in [0.29, 0.717) is 83.3 Å². The summed E-state index contributed by atoms with van der Waals surface area (Å²) < 4.78 is 106. The average Bonchev–Trinajstić information content (AvgIpc) is 0.821. The van der Waals surface area contributed by atoms with Crippen LogP contribution in [0.1, 0.15) is 128 Å². The van der Waals surface area contributed by atoms with Gasteiger partial charge in [-0.3, -0.25) is 24.0 Å². The Morgan fingerprint density at radius 1 is 0.325 bits per heavy atom. The lowest BCUT2D eigenvalue weighted by Crippen LogP contribution is -2.43. The fourth-order valence-corrected chi connectivity index (χ4v) is 11.2. The van der Waals surface area contributed by atoms with Crippen molar-refractivity contribution in [2.75, 3.05) is 205 Å². The molecule has 0 aliphatic carbocycles. The van der Waals surface area contributed by atoms with Crippen LogP contribution in [-0.2, 0) is 47.4 Å². The number of rotatable bonds is 71. The van der Waals surface area contributed by atoms with Gasteiger partial charge in [0, 0.05) is 43.7 Å². The highest BCUT2D eigenvalue weighted by molar-refractivity contribution is 5.99. The normalized spacial score (nSPS) is 11.3. The van der Waals surface area contributed by atoms with Crippen LogP contribution in [0.25, 0.3) is 0 Å². The second-order valence-electron chi connectivity index (χ2n) is 28.0. The summed E-state index contributed by atoms with van der Waals surface area (Å²) in [7, 11) is 0. The first kappa shape index (κ1) is 99.8. The fourth-order valence-electron chi connectivity index (χ4n) is 11.2. The molecule has 650 valence electrons. The van der Waals surface area contributed by atoms with Gasteiger partial charge in [0.1, 0.15) is 59.5 Å². The van der Waals surface area contributed by atoms with Crippen LogP contribution in [0.5, 0.6) is 51.7 Å². The molecule has 0 bridgehead atoms. The van der Waals surface area contributed by atoms with Gasteiger partial charge in [0.25, 0.3) is 23.6 Å². The summed E-state index contributed by atoms with van der Waals surface area (Å²) in [4.78, 5) is 72.4. The molecule has 29 nitrogen and oxygen atoms in total. The third kappa shape index (κ3) is 41.4. The van der Waals surface area contributed by atoms with Crippen LogP contribution in [0.3, 0.4) is 0 Å². The van der Waals surface area contributed by atoms with Crippen molar-refractivity contribution in [1.82, 2.24) is 26.6 Å². The predicted octanol–water partition coefficient (Wildman–Crippen LogP) is 10.8. The first-order valence-electron chi connectivity index (χ1n) is 39.9. The minimum atomic E-state index is -1.21. The van der Waals surface area contributed by atoms with Crippen molar-refractivity contribution in [3.8, 4) is 51.7 Å². The summed E-state index contributed by atoms with van der Waals surface area (Å²) >= 11 is 0. The molecule has 0 spiro atoms. The van der Waals surface area contributed by atoms with Gasteiger partial charge in [-0.2, -0.15) is 0 Å². The quantitative estimate of drug-likeness (QED) is 0.0177. The number of amides is 5. The van der Waals surface area contributed by atoms with E-state index >= 15 is 4.79 Å². The maximum atomic E-state index is 15.5. The maximum absolute atomic E-state index is 15.5. The molecule has 0 aliphatic heterocycles.